The molecule has 2 atom stereocenters. The second-order valence-electron chi connectivity index (χ2n) is 8.42. The number of hydrogen-bond acceptors (Lipinski definition) is 7. The predicted molar refractivity (Wildman–Crippen MR) is 121 cm³/mol. The highest BCUT2D eigenvalue weighted by Crippen LogP contribution is 2.27. The van der Waals surface area contributed by atoms with E-state index in [0.717, 1.165) is 36.8 Å². The summed E-state index contributed by atoms with van der Waals surface area (Å²) >= 11 is 0. The van der Waals surface area contributed by atoms with Crippen LogP contribution >= 0.6 is 0 Å². The van der Waals surface area contributed by atoms with E-state index in [9.17, 15) is 19.8 Å². The van der Waals surface area contributed by atoms with Crippen LogP contribution in [0.25, 0.3) is 10.9 Å². The molecule has 3 heterocycles. The number of nitrogens with one attached hydrogen (secondary N) is 3. The number of rotatable bonds is 8. The van der Waals surface area contributed by atoms with E-state index in [2.05, 4.69) is 25.8 Å². The van der Waals surface area contributed by atoms with Gasteiger partial charge in [0.05, 0.1) is 5.52 Å². The lowest BCUT2D eigenvalue weighted by Crippen LogP contribution is -2.74. The van der Waals surface area contributed by atoms with Crippen LogP contribution in [0.1, 0.15) is 25.7 Å². The molecular weight excluding hydrogens is 410 g/mol. The number of piperidine rings is 1. The Morgan fingerprint density at radius 2 is 1.94 bits per heavy atom. The third kappa shape index (κ3) is 4.59. The molecule has 0 saturated carbocycles. The number of carbonyl (C=O) groups is 2. The zero-order chi connectivity index (χ0) is 22.6. The van der Waals surface area contributed by atoms with Gasteiger partial charge in [0.1, 0.15) is 0 Å². The molecule has 0 spiro atoms. The standard InChI is InChI=1S/C23H29N5O4/c29-20(30)22(25-12-15-28-13-2-1-3-14-28)9-5-10-23(27-22,21(31)32)26-18-7-8-19-17(16-18)6-4-11-24-19/h4-9,11,16,25-27H,1-3,10,12-15H2,(H,29,30)(H,31,32). The Morgan fingerprint density at radius 3 is 2.69 bits per heavy atom. The van der Waals surface area contributed by atoms with E-state index >= 15 is 0 Å². The Labute approximate surface area is 186 Å². The maximum Gasteiger partial charge on any atom is 0.345 e. The van der Waals surface area contributed by atoms with E-state index in [1.165, 1.54) is 12.5 Å². The van der Waals surface area contributed by atoms with Gasteiger partial charge in [0.15, 0.2) is 11.3 Å². The Hall–Kier alpha value is -3.01. The maximum absolute atomic E-state index is 12.4. The molecule has 1 saturated heterocycles. The molecule has 1 aromatic carbocycles. The molecule has 170 valence electrons. The summed E-state index contributed by atoms with van der Waals surface area (Å²) in [6.07, 6.45) is 8.39. The van der Waals surface area contributed by atoms with Gasteiger partial charge < -0.3 is 20.4 Å². The van der Waals surface area contributed by atoms with E-state index in [0.29, 0.717) is 18.8 Å². The molecule has 5 N–H and O–H groups in total. The van der Waals surface area contributed by atoms with Gasteiger partial charge in [-0.05, 0) is 56.3 Å². The van der Waals surface area contributed by atoms with E-state index in [-0.39, 0.29) is 6.42 Å². The number of carboxylic acids is 2. The Kier molecular flexibility index (Phi) is 6.40. The summed E-state index contributed by atoms with van der Waals surface area (Å²) in [6, 6.07) is 9.04. The molecule has 9 heteroatoms. The van der Waals surface area contributed by atoms with Crippen LogP contribution in [0.15, 0.2) is 48.7 Å². The topological polar surface area (TPSA) is 127 Å². The first-order valence-electron chi connectivity index (χ1n) is 11.0. The summed E-state index contributed by atoms with van der Waals surface area (Å²) in [5.74, 6) is -2.36. The van der Waals surface area contributed by atoms with Crippen molar-refractivity contribution in [3.05, 3.63) is 48.7 Å². The quantitative estimate of drug-likeness (QED) is 0.392. The molecular formula is C23H29N5O4. The SMILES string of the molecule is O=C(O)C1(NCCN2CCCCC2)C=CCC(Nc2ccc3ncccc3c2)(C(=O)O)N1. The minimum absolute atomic E-state index is 0.0796. The van der Waals surface area contributed by atoms with Crippen molar-refractivity contribution in [2.75, 3.05) is 31.5 Å². The van der Waals surface area contributed by atoms with Crippen molar-refractivity contribution in [2.45, 2.75) is 37.0 Å². The Bertz CT molecular complexity index is 1020. The van der Waals surface area contributed by atoms with Crippen molar-refractivity contribution in [3.8, 4) is 0 Å². The molecule has 0 aliphatic carbocycles. The minimum atomic E-state index is -1.70. The average molecular weight is 440 g/mol. The molecule has 0 bridgehead atoms. The van der Waals surface area contributed by atoms with Crippen molar-refractivity contribution in [1.82, 2.24) is 20.5 Å². The van der Waals surface area contributed by atoms with Crippen LogP contribution in [0.4, 0.5) is 5.69 Å². The molecule has 0 amide bonds. The number of benzene rings is 1. The Balaban J connectivity index is 1.54. The number of aliphatic carboxylic acids is 2. The highest BCUT2D eigenvalue weighted by atomic mass is 16.4. The van der Waals surface area contributed by atoms with Crippen LogP contribution in [-0.2, 0) is 9.59 Å². The van der Waals surface area contributed by atoms with Gasteiger partial charge in [-0.2, -0.15) is 0 Å². The summed E-state index contributed by atoms with van der Waals surface area (Å²) in [7, 11) is 0. The number of hydrogen-bond donors (Lipinski definition) is 5. The number of fused-ring (bicyclic) bond motifs is 1. The van der Waals surface area contributed by atoms with Gasteiger partial charge in [-0.3, -0.25) is 15.6 Å². The maximum atomic E-state index is 12.4. The van der Waals surface area contributed by atoms with Crippen LogP contribution in [0.2, 0.25) is 0 Å². The number of pyridine rings is 1. The number of nitrogens with zero attached hydrogens (tertiary/aromatic N) is 2. The minimum Gasteiger partial charge on any atom is -0.479 e. The summed E-state index contributed by atoms with van der Waals surface area (Å²) in [5, 5.41) is 29.9. The van der Waals surface area contributed by atoms with E-state index < -0.39 is 23.3 Å². The fraction of sp³-hybridized carbons (Fsp3) is 0.435. The van der Waals surface area contributed by atoms with E-state index in [1.807, 2.05) is 12.1 Å². The summed E-state index contributed by atoms with van der Waals surface area (Å²) in [6.45, 7) is 3.13. The molecule has 2 aromatic rings. The first-order valence-corrected chi connectivity index (χ1v) is 11.0. The lowest BCUT2D eigenvalue weighted by atomic mass is 9.94. The zero-order valence-electron chi connectivity index (χ0n) is 17.9. The summed E-state index contributed by atoms with van der Waals surface area (Å²) in [4.78, 5) is 31.2. The number of likely N-dealkylation sites (tertiary alicyclic amines) is 1. The third-order valence-electron chi connectivity index (χ3n) is 6.15. The normalized spacial score (nSPS) is 26.1. The molecule has 1 fully saturated rings. The van der Waals surface area contributed by atoms with Gasteiger partial charge >= 0.3 is 11.9 Å². The number of carboxylic acid groups (broad SMARTS) is 2. The van der Waals surface area contributed by atoms with Gasteiger partial charge in [0, 0.05) is 36.8 Å². The van der Waals surface area contributed by atoms with E-state index in [1.54, 1.807) is 30.5 Å². The molecule has 0 radical (unpaired) electrons. The monoisotopic (exact) mass is 439 g/mol. The molecule has 1 aromatic heterocycles. The lowest BCUT2D eigenvalue weighted by Gasteiger charge is -2.43. The second kappa shape index (κ2) is 9.23. The first-order chi connectivity index (χ1) is 15.4. The number of anilines is 1. The summed E-state index contributed by atoms with van der Waals surface area (Å²) < 4.78 is 0. The van der Waals surface area contributed by atoms with Gasteiger partial charge in [-0.15, -0.1) is 0 Å². The van der Waals surface area contributed by atoms with Crippen LogP contribution in [0, 0.1) is 0 Å². The van der Waals surface area contributed by atoms with Crippen molar-refractivity contribution in [2.24, 2.45) is 0 Å². The van der Waals surface area contributed by atoms with Gasteiger partial charge in [0.2, 0.25) is 0 Å². The largest absolute Gasteiger partial charge is 0.479 e. The van der Waals surface area contributed by atoms with Crippen molar-refractivity contribution < 1.29 is 19.8 Å². The van der Waals surface area contributed by atoms with Gasteiger partial charge in [0.25, 0.3) is 0 Å². The zero-order valence-corrected chi connectivity index (χ0v) is 17.9. The van der Waals surface area contributed by atoms with Crippen LogP contribution in [0.3, 0.4) is 0 Å². The highest BCUT2D eigenvalue weighted by Gasteiger charge is 2.50. The Morgan fingerprint density at radius 1 is 1.12 bits per heavy atom. The highest BCUT2D eigenvalue weighted by molar-refractivity contribution is 5.89. The van der Waals surface area contributed by atoms with Crippen molar-refractivity contribution in [1.29, 1.82) is 0 Å². The lowest BCUT2D eigenvalue weighted by molar-refractivity contribution is -0.150. The fourth-order valence-electron chi connectivity index (χ4n) is 4.42. The van der Waals surface area contributed by atoms with Gasteiger partial charge in [-0.1, -0.05) is 18.6 Å². The van der Waals surface area contributed by atoms with Crippen LogP contribution in [-0.4, -0.2) is 69.5 Å². The molecule has 2 aliphatic heterocycles. The molecule has 32 heavy (non-hydrogen) atoms. The average Bonchev–Trinajstić information content (AvgIpc) is 2.80. The summed E-state index contributed by atoms with van der Waals surface area (Å²) in [5.41, 5.74) is -2.04. The van der Waals surface area contributed by atoms with Crippen molar-refractivity contribution >= 4 is 28.5 Å². The molecule has 2 unspecified atom stereocenters. The third-order valence-corrected chi connectivity index (χ3v) is 6.15. The van der Waals surface area contributed by atoms with Crippen LogP contribution in [0.5, 0.6) is 0 Å². The molecule has 2 aliphatic rings. The second-order valence-corrected chi connectivity index (χ2v) is 8.42. The fourth-order valence-corrected chi connectivity index (χ4v) is 4.42. The van der Waals surface area contributed by atoms with E-state index in [4.69, 9.17) is 0 Å². The van der Waals surface area contributed by atoms with Gasteiger partial charge in [-0.25, -0.2) is 9.59 Å². The predicted octanol–water partition coefficient (Wildman–Crippen LogP) is 1.83. The first kappa shape index (κ1) is 22.2. The molecule has 4 rings (SSSR count). The smallest absolute Gasteiger partial charge is 0.345 e. The van der Waals surface area contributed by atoms with Crippen LogP contribution < -0.4 is 16.0 Å². The van der Waals surface area contributed by atoms with Crippen molar-refractivity contribution in [3.63, 3.8) is 0 Å². The molecule has 9 nitrogen and oxygen atoms in total. The number of aromatic nitrogens is 1.